The van der Waals surface area contributed by atoms with Crippen LogP contribution in [0.3, 0.4) is 0 Å². The van der Waals surface area contributed by atoms with Gasteiger partial charge in [-0.15, -0.1) is 0 Å². The molecule has 0 radical (unpaired) electrons. The molecule has 170 valence electrons. The van der Waals surface area contributed by atoms with Crippen LogP contribution in [0.2, 0.25) is 0 Å². The molecule has 0 N–H and O–H groups in total. The summed E-state index contributed by atoms with van der Waals surface area (Å²) in [4.78, 5) is 13.6. The highest BCUT2D eigenvalue weighted by molar-refractivity contribution is 5.70. The first kappa shape index (κ1) is 24.6. The number of hydrogen-bond donors (Lipinski definition) is 0. The van der Waals surface area contributed by atoms with Gasteiger partial charge in [-0.1, -0.05) is 58.8 Å². The van der Waals surface area contributed by atoms with Gasteiger partial charge < -0.3 is 19.1 Å². The summed E-state index contributed by atoms with van der Waals surface area (Å²) in [7, 11) is 5.32. The van der Waals surface area contributed by atoms with Gasteiger partial charge >= 0.3 is 6.09 Å². The van der Waals surface area contributed by atoms with Crippen molar-refractivity contribution in [1.82, 2.24) is 4.90 Å². The molecule has 0 fully saturated rings. The molecular formula is C24H41N2O4+. The lowest BCUT2D eigenvalue weighted by Gasteiger charge is -2.22. The van der Waals surface area contributed by atoms with E-state index in [1.54, 1.807) is 14.1 Å². The van der Waals surface area contributed by atoms with Crippen molar-refractivity contribution in [3.05, 3.63) is 23.0 Å². The Hall–Kier alpha value is -1.66. The molecule has 6 nitrogen and oxygen atoms in total. The Labute approximate surface area is 182 Å². The summed E-state index contributed by atoms with van der Waals surface area (Å²) in [5, 5.41) is 0. The zero-order valence-corrected chi connectivity index (χ0v) is 19.8. The fraction of sp³-hybridized carbons (Fsp3) is 0.750. The zero-order valence-electron chi connectivity index (χ0n) is 19.8. The summed E-state index contributed by atoms with van der Waals surface area (Å²) >= 11 is 0. The van der Waals surface area contributed by atoms with Crippen LogP contribution >= 0.6 is 0 Å². The number of hydrogen-bond acceptors (Lipinski definition) is 4. The Bertz CT molecular complexity index is 690. The zero-order chi connectivity index (χ0) is 22.1. The second kappa shape index (κ2) is 12.3. The molecule has 0 saturated carbocycles. The van der Waals surface area contributed by atoms with Gasteiger partial charge in [0.1, 0.15) is 7.05 Å². The van der Waals surface area contributed by atoms with E-state index in [1.807, 2.05) is 24.7 Å². The van der Waals surface area contributed by atoms with Gasteiger partial charge in [0, 0.05) is 32.5 Å². The molecule has 1 aromatic heterocycles. The van der Waals surface area contributed by atoms with E-state index < -0.39 is 0 Å². The normalized spacial score (nSPS) is 17.2. The minimum atomic E-state index is -0.388. The van der Waals surface area contributed by atoms with Crippen molar-refractivity contribution in [2.24, 2.45) is 13.0 Å². The van der Waals surface area contributed by atoms with Crippen molar-refractivity contribution in [3.63, 3.8) is 0 Å². The molecule has 0 aromatic carbocycles. The topological polar surface area (TPSA) is 51.9 Å². The highest BCUT2D eigenvalue weighted by Crippen LogP contribution is 2.31. The van der Waals surface area contributed by atoms with Crippen molar-refractivity contribution < 1.29 is 23.6 Å². The predicted octanol–water partition coefficient (Wildman–Crippen LogP) is 5.03. The number of nitrogens with zero attached hydrogens (tertiary/aromatic N) is 2. The van der Waals surface area contributed by atoms with Crippen molar-refractivity contribution in [2.45, 2.75) is 91.6 Å². The van der Waals surface area contributed by atoms with Crippen LogP contribution in [0.1, 0.15) is 82.0 Å². The highest BCUT2D eigenvalue weighted by atomic mass is 16.7. The number of unbranched alkanes of at least 4 members (excludes halogenated alkanes) is 6. The lowest BCUT2D eigenvalue weighted by molar-refractivity contribution is -0.678. The number of pyridine rings is 1. The molecule has 0 aliphatic carbocycles. The molecule has 1 amide bonds. The fourth-order valence-electron chi connectivity index (χ4n) is 3.80. The molecule has 6 heteroatoms. The minimum absolute atomic E-state index is 0.236. The van der Waals surface area contributed by atoms with E-state index in [0.29, 0.717) is 24.9 Å². The first-order chi connectivity index (χ1) is 14.3. The standard InChI is InChI=1S/C24H41N2O4/c1-7-8-9-10-11-12-13-14-18(2)23-28-16-20-15-26(6)19(3)22(21(20)17-29-23)30-24(27)25(4)5/h15,18,23H,7-14,16-17H2,1-6H3/q+1. The lowest BCUT2D eigenvalue weighted by atomic mass is 10.0. The van der Waals surface area contributed by atoms with Crippen LogP contribution < -0.4 is 9.30 Å². The van der Waals surface area contributed by atoms with Gasteiger partial charge in [-0.2, -0.15) is 0 Å². The molecule has 1 aromatic rings. The number of fused-ring (bicyclic) bond motifs is 1. The van der Waals surface area contributed by atoms with E-state index in [0.717, 1.165) is 23.2 Å². The Kier molecular flexibility index (Phi) is 10.1. The molecule has 0 saturated heterocycles. The predicted molar refractivity (Wildman–Crippen MR) is 117 cm³/mol. The summed E-state index contributed by atoms with van der Waals surface area (Å²) in [5.74, 6) is 0.912. The van der Waals surface area contributed by atoms with Gasteiger partial charge in [0.15, 0.2) is 12.5 Å². The largest absolute Gasteiger partial charge is 0.414 e. The van der Waals surface area contributed by atoms with E-state index in [2.05, 4.69) is 13.8 Å². The number of ether oxygens (including phenoxy) is 3. The quantitative estimate of drug-likeness (QED) is 0.393. The van der Waals surface area contributed by atoms with Gasteiger partial charge in [0.05, 0.1) is 18.8 Å². The molecule has 30 heavy (non-hydrogen) atoms. The number of rotatable bonds is 10. The lowest BCUT2D eigenvalue weighted by Crippen LogP contribution is -2.35. The number of carbonyl (C=O) groups is 1. The molecule has 2 atom stereocenters. The van der Waals surface area contributed by atoms with E-state index in [4.69, 9.17) is 14.2 Å². The average Bonchev–Trinajstić information content (AvgIpc) is 2.92. The van der Waals surface area contributed by atoms with Crippen LogP contribution in [0.15, 0.2) is 6.20 Å². The molecule has 2 heterocycles. The Morgan fingerprint density at radius 2 is 1.80 bits per heavy atom. The van der Waals surface area contributed by atoms with Crippen molar-refractivity contribution in [1.29, 1.82) is 0 Å². The first-order valence-electron chi connectivity index (χ1n) is 11.5. The van der Waals surface area contributed by atoms with Crippen molar-refractivity contribution in [3.8, 4) is 5.75 Å². The van der Waals surface area contributed by atoms with Crippen LogP contribution in [-0.4, -0.2) is 31.4 Å². The van der Waals surface area contributed by atoms with Crippen LogP contribution in [0.5, 0.6) is 5.75 Å². The Morgan fingerprint density at radius 3 is 2.47 bits per heavy atom. The molecule has 0 spiro atoms. The Morgan fingerprint density at radius 1 is 1.17 bits per heavy atom. The molecule has 0 bridgehead atoms. The third kappa shape index (κ3) is 6.95. The summed E-state index contributed by atoms with van der Waals surface area (Å²) < 4.78 is 19.9. The van der Waals surface area contributed by atoms with Gasteiger partial charge in [0.2, 0.25) is 11.4 Å². The maximum Gasteiger partial charge on any atom is 0.414 e. The van der Waals surface area contributed by atoms with E-state index >= 15 is 0 Å². The number of aromatic nitrogens is 1. The SMILES string of the molecule is CCCCCCCCCC(C)C1OCc2c[n+](C)c(C)c(OC(=O)N(C)C)c2CO1. The second-order valence-corrected chi connectivity index (χ2v) is 8.80. The van der Waals surface area contributed by atoms with Crippen LogP contribution in [0.4, 0.5) is 4.79 Å². The third-order valence-corrected chi connectivity index (χ3v) is 5.95. The summed E-state index contributed by atoms with van der Waals surface area (Å²) in [5.41, 5.74) is 2.81. The average molecular weight is 422 g/mol. The molecule has 2 unspecified atom stereocenters. The number of carbonyl (C=O) groups excluding carboxylic acids is 1. The highest BCUT2D eigenvalue weighted by Gasteiger charge is 2.29. The maximum atomic E-state index is 12.2. The smallest absolute Gasteiger partial charge is 0.403 e. The maximum absolute atomic E-state index is 12.2. The minimum Gasteiger partial charge on any atom is -0.403 e. The van der Waals surface area contributed by atoms with Gasteiger partial charge in [-0.25, -0.2) is 9.36 Å². The number of amides is 1. The molecule has 2 rings (SSSR count). The van der Waals surface area contributed by atoms with Crippen molar-refractivity contribution >= 4 is 6.09 Å². The van der Waals surface area contributed by atoms with E-state index in [1.165, 1.54) is 49.8 Å². The van der Waals surface area contributed by atoms with Crippen LogP contribution in [0.25, 0.3) is 0 Å². The molecule has 1 aliphatic rings. The summed E-state index contributed by atoms with van der Waals surface area (Å²) in [6.45, 7) is 7.26. The monoisotopic (exact) mass is 421 g/mol. The van der Waals surface area contributed by atoms with Crippen molar-refractivity contribution in [2.75, 3.05) is 14.1 Å². The molecular weight excluding hydrogens is 380 g/mol. The summed E-state index contributed by atoms with van der Waals surface area (Å²) in [6.07, 6.45) is 11.7. The van der Waals surface area contributed by atoms with Gasteiger partial charge in [-0.3, -0.25) is 0 Å². The summed E-state index contributed by atoms with van der Waals surface area (Å²) in [6, 6.07) is 0. The fourth-order valence-corrected chi connectivity index (χ4v) is 3.80. The van der Waals surface area contributed by atoms with Gasteiger partial charge in [0.25, 0.3) is 0 Å². The number of aryl methyl sites for hydroxylation is 1. The van der Waals surface area contributed by atoms with E-state index in [-0.39, 0.29) is 12.4 Å². The van der Waals surface area contributed by atoms with E-state index in [9.17, 15) is 4.79 Å². The second-order valence-electron chi connectivity index (χ2n) is 8.80. The Balaban J connectivity index is 1.95. The molecule has 1 aliphatic heterocycles. The van der Waals surface area contributed by atoms with Crippen LogP contribution in [0, 0.1) is 12.8 Å². The van der Waals surface area contributed by atoms with Gasteiger partial charge in [-0.05, 0) is 6.42 Å². The third-order valence-electron chi connectivity index (χ3n) is 5.95. The first-order valence-corrected chi connectivity index (χ1v) is 11.5. The van der Waals surface area contributed by atoms with Crippen LogP contribution in [-0.2, 0) is 29.7 Å².